The Balaban J connectivity index is 6.04. The number of nitrogens with one attached hydrogen (secondary N) is 3. The summed E-state index contributed by atoms with van der Waals surface area (Å²) in [4.78, 5) is 12.2. The number of carbonyl (C=O) groups excluding carboxylic acids is 1. The first kappa shape index (κ1) is 32.4. The predicted octanol–water partition coefficient (Wildman–Crippen LogP) is 3.28. The lowest BCUT2D eigenvalue weighted by molar-refractivity contribution is -0.160. The first-order valence-corrected chi connectivity index (χ1v) is 13.4. The van der Waals surface area contributed by atoms with Crippen molar-refractivity contribution in [2.45, 2.75) is 68.0 Å². The number of hydrogen-bond acceptors (Lipinski definition) is 9. The number of nitrogens with zero attached hydrogens (tertiary/aromatic N) is 1. The van der Waals surface area contributed by atoms with E-state index in [1.807, 2.05) is 27.7 Å². The van der Waals surface area contributed by atoms with Crippen LogP contribution >= 0.6 is 0 Å². The number of amidine groups is 1. The van der Waals surface area contributed by atoms with E-state index in [2.05, 4.69) is 19.3 Å². The second-order valence-electron chi connectivity index (χ2n) is 10.4. The van der Waals surface area contributed by atoms with Crippen LogP contribution in [-0.4, -0.2) is 70.3 Å². The third-order valence-corrected chi connectivity index (χ3v) is 7.21. The molecule has 10 nitrogen and oxygen atoms in total. The molecule has 0 aliphatic heterocycles. The van der Waals surface area contributed by atoms with Gasteiger partial charge in [0, 0.05) is 30.4 Å². The lowest BCUT2D eigenvalue weighted by atomic mass is 9.70. The minimum atomic E-state index is -3.85. The van der Waals surface area contributed by atoms with Crippen LogP contribution in [0.2, 0.25) is 0 Å². The Kier molecular flexibility index (Phi) is 12.9. The maximum absolute atomic E-state index is 12.2. The van der Waals surface area contributed by atoms with E-state index in [9.17, 15) is 13.2 Å². The largest absolute Gasteiger partial charge is 0.469 e. The van der Waals surface area contributed by atoms with E-state index in [-0.39, 0.29) is 25.2 Å². The molecule has 0 radical (unpaired) electrons. The SMILES string of the molecule is COC(=O)C(C)(C)CO[C@@H](NN(COCCC(C)C)C(=N)S(C)(=O)=O)[C@@H](C)[C@](C)(C=N)C(C)C. The number of hydrazine groups is 1. The zero-order valence-electron chi connectivity index (χ0n) is 22.5. The Morgan fingerprint density at radius 1 is 1.15 bits per heavy atom. The molecule has 0 aliphatic carbocycles. The highest BCUT2D eigenvalue weighted by molar-refractivity contribution is 8.05. The quantitative estimate of drug-likeness (QED) is 0.0767. The lowest BCUT2D eigenvalue weighted by Gasteiger charge is -2.42. The molecule has 0 aromatic heterocycles. The summed E-state index contributed by atoms with van der Waals surface area (Å²) >= 11 is 0. The van der Waals surface area contributed by atoms with Crippen molar-refractivity contribution in [1.29, 1.82) is 10.8 Å². The average molecular weight is 507 g/mol. The molecule has 0 saturated carbocycles. The van der Waals surface area contributed by atoms with E-state index < -0.39 is 38.0 Å². The Hall–Kier alpha value is -1.56. The van der Waals surface area contributed by atoms with Gasteiger partial charge in [-0.2, -0.15) is 0 Å². The van der Waals surface area contributed by atoms with Crippen molar-refractivity contribution >= 4 is 27.2 Å². The van der Waals surface area contributed by atoms with Crippen molar-refractivity contribution in [2.24, 2.45) is 28.6 Å². The molecule has 0 bridgehead atoms. The molecule has 0 spiro atoms. The maximum atomic E-state index is 12.2. The third-order valence-electron chi connectivity index (χ3n) is 6.29. The molecule has 0 fully saturated rings. The van der Waals surface area contributed by atoms with Gasteiger partial charge < -0.3 is 19.6 Å². The third kappa shape index (κ3) is 9.59. The van der Waals surface area contributed by atoms with Crippen LogP contribution in [0, 0.1) is 39.4 Å². The first-order valence-electron chi connectivity index (χ1n) is 11.6. The highest BCUT2D eigenvalue weighted by atomic mass is 32.2. The molecule has 200 valence electrons. The lowest BCUT2D eigenvalue weighted by Crippen LogP contribution is -2.57. The molecular weight excluding hydrogens is 460 g/mol. The molecular formula is C23H46N4O6S. The molecule has 0 aromatic rings. The van der Waals surface area contributed by atoms with Crippen molar-refractivity contribution in [2.75, 3.05) is 33.3 Å². The number of methoxy groups -OCH3 is 1. The van der Waals surface area contributed by atoms with Crippen molar-refractivity contribution in [3.8, 4) is 0 Å². The van der Waals surface area contributed by atoms with Gasteiger partial charge in [0.05, 0.1) is 19.1 Å². The van der Waals surface area contributed by atoms with Gasteiger partial charge >= 0.3 is 5.97 Å². The molecule has 0 amide bonds. The second-order valence-corrected chi connectivity index (χ2v) is 12.3. The highest BCUT2D eigenvalue weighted by Gasteiger charge is 2.41. The standard InChI is InChI=1S/C23H46N4O6S/c1-16(2)11-12-32-15-27(21(25)34(10,29)30)26-19(18(5)23(8,13-24)17(3)4)33-14-22(6,7)20(28)31-9/h13,16-19,24-26H,11-12,14-15H2,1-10H3/t18-,19-,23-/m1/s1. The summed E-state index contributed by atoms with van der Waals surface area (Å²) in [5.74, 6) is -0.322. The van der Waals surface area contributed by atoms with E-state index in [4.69, 9.17) is 25.0 Å². The second kappa shape index (κ2) is 13.5. The molecule has 0 unspecified atom stereocenters. The molecule has 0 rings (SSSR count). The van der Waals surface area contributed by atoms with E-state index in [1.165, 1.54) is 13.3 Å². The van der Waals surface area contributed by atoms with Gasteiger partial charge in [-0.3, -0.25) is 15.2 Å². The summed E-state index contributed by atoms with van der Waals surface area (Å²) in [5, 5.41) is 16.7. The van der Waals surface area contributed by atoms with E-state index in [0.29, 0.717) is 12.5 Å². The van der Waals surface area contributed by atoms with Gasteiger partial charge in [-0.05, 0) is 32.1 Å². The molecule has 0 aromatic carbocycles. The van der Waals surface area contributed by atoms with E-state index in [1.54, 1.807) is 13.8 Å². The summed E-state index contributed by atoms with van der Waals surface area (Å²) in [5.41, 5.74) is 1.42. The van der Waals surface area contributed by atoms with Crippen LogP contribution in [0.5, 0.6) is 0 Å². The van der Waals surface area contributed by atoms with Gasteiger partial charge in [-0.1, -0.05) is 41.5 Å². The smallest absolute Gasteiger partial charge is 0.313 e. The molecule has 3 N–H and O–H groups in total. The fourth-order valence-corrected chi connectivity index (χ4v) is 3.57. The minimum absolute atomic E-state index is 0.0257. The normalized spacial score (nSPS) is 16.1. The molecule has 0 aliphatic rings. The maximum Gasteiger partial charge on any atom is 0.313 e. The predicted molar refractivity (Wildman–Crippen MR) is 134 cm³/mol. The first-order chi connectivity index (χ1) is 15.4. The molecule has 11 heteroatoms. The number of ether oxygens (including phenoxy) is 3. The Labute approximate surface area is 206 Å². The summed E-state index contributed by atoms with van der Waals surface area (Å²) in [7, 11) is -2.55. The summed E-state index contributed by atoms with van der Waals surface area (Å²) in [6, 6.07) is 0. The summed E-state index contributed by atoms with van der Waals surface area (Å²) < 4.78 is 41.0. The number of rotatable bonds is 15. The molecule has 0 saturated heterocycles. The number of hydrogen-bond donors (Lipinski definition) is 3. The molecule has 0 heterocycles. The molecule has 3 atom stereocenters. The van der Waals surface area contributed by atoms with Gasteiger partial charge in [0.25, 0.3) is 0 Å². The van der Waals surface area contributed by atoms with Gasteiger partial charge in [0.2, 0.25) is 15.0 Å². The van der Waals surface area contributed by atoms with Crippen LogP contribution in [0.4, 0.5) is 0 Å². The number of esters is 1. The number of sulfone groups is 1. The van der Waals surface area contributed by atoms with Crippen molar-refractivity contribution in [3.63, 3.8) is 0 Å². The van der Waals surface area contributed by atoms with Crippen molar-refractivity contribution < 1.29 is 27.4 Å². The topological polar surface area (TPSA) is 142 Å². The zero-order chi connectivity index (χ0) is 26.9. The van der Waals surface area contributed by atoms with Crippen LogP contribution in [0.3, 0.4) is 0 Å². The summed E-state index contributed by atoms with van der Waals surface area (Å²) in [6.45, 7) is 15.4. The zero-order valence-corrected chi connectivity index (χ0v) is 23.3. The van der Waals surface area contributed by atoms with Gasteiger partial charge in [0.15, 0.2) is 0 Å². The van der Waals surface area contributed by atoms with Gasteiger partial charge in [0.1, 0.15) is 13.0 Å². The summed E-state index contributed by atoms with van der Waals surface area (Å²) in [6.07, 6.45) is 2.25. The van der Waals surface area contributed by atoms with Crippen molar-refractivity contribution in [1.82, 2.24) is 10.4 Å². The van der Waals surface area contributed by atoms with Gasteiger partial charge in [-0.15, -0.1) is 0 Å². The van der Waals surface area contributed by atoms with Crippen LogP contribution < -0.4 is 5.43 Å². The average Bonchev–Trinajstić information content (AvgIpc) is 2.74. The van der Waals surface area contributed by atoms with Gasteiger partial charge in [-0.25, -0.2) is 13.8 Å². The minimum Gasteiger partial charge on any atom is -0.469 e. The monoisotopic (exact) mass is 506 g/mol. The highest BCUT2D eigenvalue weighted by Crippen LogP contribution is 2.36. The fraction of sp³-hybridized carbons (Fsp3) is 0.870. The molecule has 34 heavy (non-hydrogen) atoms. The van der Waals surface area contributed by atoms with Crippen LogP contribution in [0.1, 0.15) is 61.8 Å². The van der Waals surface area contributed by atoms with E-state index >= 15 is 0 Å². The number of carbonyl (C=O) groups is 1. The van der Waals surface area contributed by atoms with Crippen LogP contribution in [-0.2, 0) is 28.8 Å². The van der Waals surface area contributed by atoms with Crippen LogP contribution in [0.25, 0.3) is 0 Å². The van der Waals surface area contributed by atoms with E-state index in [0.717, 1.165) is 17.7 Å². The Morgan fingerprint density at radius 3 is 2.12 bits per heavy atom. The Bertz CT molecular complexity index is 784. The van der Waals surface area contributed by atoms with Crippen LogP contribution in [0.15, 0.2) is 0 Å². The fourth-order valence-electron chi connectivity index (χ4n) is 3.06. The Morgan fingerprint density at radius 2 is 1.71 bits per heavy atom. The van der Waals surface area contributed by atoms with Crippen molar-refractivity contribution in [3.05, 3.63) is 0 Å².